The van der Waals surface area contributed by atoms with Crippen LogP contribution in [0.5, 0.6) is 5.75 Å². The maximum Gasteiger partial charge on any atom is 0.134 e. The van der Waals surface area contributed by atoms with E-state index >= 15 is 0 Å². The molecule has 0 spiro atoms. The van der Waals surface area contributed by atoms with Gasteiger partial charge in [-0.25, -0.2) is 0 Å². The first kappa shape index (κ1) is 10.1. The molecule has 4 heteroatoms. The highest BCUT2D eigenvalue weighted by molar-refractivity contribution is 6.35. The zero-order chi connectivity index (χ0) is 6.85. The minimum absolute atomic E-state index is 0. The number of phenols is 1. The quantitative estimate of drug-likeness (QED) is 0.622. The van der Waals surface area contributed by atoms with E-state index in [2.05, 4.69) is 0 Å². The van der Waals surface area contributed by atoms with E-state index in [9.17, 15) is 0 Å². The van der Waals surface area contributed by atoms with Crippen molar-refractivity contribution in [1.29, 1.82) is 0 Å². The van der Waals surface area contributed by atoms with E-state index in [1.165, 1.54) is 12.1 Å². The summed E-state index contributed by atoms with van der Waals surface area (Å²) in [6.07, 6.45) is 0. The molecule has 0 unspecified atom stereocenters. The second-order valence-electron chi connectivity index (χ2n) is 1.60. The van der Waals surface area contributed by atoms with E-state index < -0.39 is 0 Å². The maximum atomic E-state index is 8.85. The molecule has 51 valence electrons. The summed E-state index contributed by atoms with van der Waals surface area (Å²) in [4.78, 5) is 0. The lowest BCUT2D eigenvalue weighted by atomic mass is 10.3. The molecule has 0 amide bonds. The second-order valence-corrected chi connectivity index (χ2v) is 2.44. The Morgan fingerprint density at radius 2 is 1.80 bits per heavy atom. The van der Waals surface area contributed by atoms with Gasteiger partial charge in [-0.2, -0.15) is 0 Å². The van der Waals surface area contributed by atoms with E-state index in [-0.39, 0.29) is 28.1 Å². The van der Waals surface area contributed by atoms with Crippen LogP contribution in [0.1, 0.15) is 0 Å². The minimum Gasteiger partial charge on any atom is -0.506 e. The largest absolute Gasteiger partial charge is 0.506 e. The number of hydrogen-bond donors (Lipinski definition) is 1. The van der Waals surface area contributed by atoms with Gasteiger partial charge in [-0.3, -0.25) is 0 Å². The summed E-state index contributed by atoms with van der Waals surface area (Å²) in [6.45, 7) is 0. The highest BCUT2D eigenvalue weighted by Crippen LogP contribution is 2.25. The molecule has 0 aliphatic carbocycles. The summed E-state index contributed by atoms with van der Waals surface area (Å²) in [7, 11) is 0. The highest BCUT2D eigenvalue weighted by Gasteiger charge is 1.95. The Balaban J connectivity index is 0.000000810. The van der Waals surface area contributed by atoms with Crippen molar-refractivity contribution in [2.24, 2.45) is 0 Å². The summed E-state index contributed by atoms with van der Waals surface area (Å²) in [5.74, 6) is 0.0565. The molecule has 1 N–H and O–H groups in total. The molecule has 0 fully saturated rings. The van der Waals surface area contributed by atoms with Crippen LogP contribution in [0.4, 0.5) is 0 Å². The second kappa shape index (κ2) is 4.10. The lowest BCUT2D eigenvalue weighted by molar-refractivity contribution is 0.475. The monoisotopic (exact) mass is 189 g/mol. The van der Waals surface area contributed by atoms with Gasteiger partial charge in [0.2, 0.25) is 0 Å². The van der Waals surface area contributed by atoms with Gasteiger partial charge in [-0.1, -0.05) is 23.2 Å². The fourth-order valence-corrected chi connectivity index (χ4v) is 0.890. The van der Waals surface area contributed by atoms with Gasteiger partial charge in [0, 0.05) is 22.4 Å². The van der Waals surface area contributed by atoms with Gasteiger partial charge in [-0.15, -0.1) is 0 Å². The highest BCUT2D eigenvalue weighted by atomic mass is 35.5. The molecule has 0 heterocycles. The van der Waals surface area contributed by atoms with Crippen LogP contribution in [-0.2, 0) is 0 Å². The Morgan fingerprint density at radius 3 is 2.20 bits per heavy atom. The Kier molecular flexibility index (Phi) is 4.16. The Labute approximate surface area is 79.7 Å². The smallest absolute Gasteiger partial charge is 0.134 e. The molecule has 0 saturated carbocycles. The lowest BCUT2D eigenvalue weighted by Crippen LogP contribution is -1.66. The molecule has 1 aromatic carbocycles. The fraction of sp³-hybridized carbons (Fsp3) is 0. The van der Waals surface area contributed by atoms with Crippen LogP contribution in [0.2, 0.25) is 10.0 Å². The molecule has 0 aliphatic rings. The first-order valence-electron chi connectivity index (χ1n) is 2.34. The van der Waals surface area contributed by atoms with Crippen molar-refractivity contribution < 1.29 is 5.11 Å². The molecule has 1 rings (SSSR count). The van der Waals surface area contributed by atoms with Crippen LogP contribution < -0.4 is 0 Å². The lowest BCUT2D eigenvalue weighted by Gasteiger charge is -1.93. The van der Waals surface area contributed by atoms with Gasteiger partial charge >= 0.3 is 0 Å². The average molecular weight is 190 g/mol. The van der Waals surface area contributed by atoms with Crippen molar-refractivity contribution >= 4 is 40.6 Å². The Hall–Kier alpha value is 0.132. The number of phenolic OH excluding ortho intramolecular Hbond substituents is 1. The molecule has 0 saturated heterocycles. The average Bonchev–Trinajstić information content (AvgIpc) is 1.80. The summed E-state index contributed by atoms with van der Waals surface area (Å²) in [6, 6.07) is 4.51. The van der Waals surface area contributed by atoms with E-state index in [0.717, 1.165) is 0 Å². The molecule has 0 aromatic heterocycles. The van der Waals surface area contributed by atoms with Gasteiger partial charge < -0.3 is 5.11 Å². The minimum atomic E-state index is 0. The molecule has 0 aliphatic heterocycles. The number of halogens is 2. The fourth-order valence-electron chi connectivity index (χ4n) is 0.481. The van der Waals surface area contributed by atoms with Crippen LogP contribution in [0.15, 0.2) is 18.2 Å². The van der Waals surface area contributed by atoms with Gasteiger partial charge in [0.1, 0.15) is 5.75 Å². The van der Waals surface area contributed by atoms with E-state index in [0.29, 0.717) is 5.02 Å². The van der Waals surface area contributed by atoms with E-state index in [1.54, 1.807) is 6.07 Å². The number of hydrogen-bond acceptors (Lipinski definition) is 1. The molecule has 1 nitrogen and oxygen atoms in total. The van der Waals surface area contributed by atoms with Crippen molar-refractivity contribution in [2.75, 3.05) is 0 Å². The van der Waals surface area contributed by atoms with Crippen molar-refractivity contribution in [2.45, 2.75) is 0 Å². The summed E-state index contributed by atoms with van der Waals surface area (Å²) in [5.41, 5.74) is 0. The van der Waals surface area contributed by atoms with Crippen molar-refractivity contribution in [3.05, 3.63) is 28.2 Å². The van der Waals surface area contributed by atoms with Crippen LogP contribution in [0, 0.1) is 0 Å². The van der Waals surface area contributed by atoms with Gasteiger partial charge in [0.15, 0.2) is 0 Å². The first-order chi connectivity index (χ1) is 4.20. The zero-order valence-corrected chi connectivity index (χ0v) is 7.68. The van der Waals surface area contributed by atoms with Gasteiger partial charge in [0.25, 0.3) is 0 Å². The van der Waals surface area contributed by atoms with Crippen LogP contribution >= 0.6 is 23.2 Å². The van der Waals surface area contributed by atoms with Gasteiger partial charge in [-0.05, 0) is 18.2 Å². The molecule has 3 radical (unpaired) electrons. The van der Waals surface area contributed by atoms with Crippen molar-refractivity contribution in [3.63, 3.8) is 0 Å². The zero-order valence-electron chi connectivity index (χ0n) is 5.01. The maximum absolute atomic E-state index is 8.85. The third kappa shape index (κ3) is 2.40. The third-order valence-corrected chi connectivity index (χ3v) is 1.45. The Morgan fingerprint density at radius 1 is 1.20 bits per heavy atom. The Bertz CT molecular complexity index is 227. The topological polar surface area (TPSA) is 20.2 Å². The molecule has 0 atom stereocenters. The van der Waals surface area contributed by atoms with Crippen LogP contribution in [0.3, 0.4) is 0 Å². The summed E-state index contributed by atoms with van der Waals surface area (Å²) in [5, 5.41) is 9.66. The van der Waals surface area contributed by atoms with Crippen molar-refractivity contribution in [1.82, 2.24) is 0 Å². The molecule has 0 bridgehead atoms. The number of rotatable bonds is 0. The molecular weight excluding hydrogens is 186 g/mol. The van der Waals surface area contributed by atoms with E-state index in [1.807, 2.05) is 0 Å². The molecular formula is C6H4AlCl2O. The van der Waals surface area contributed by atoms with Crippen LogP contribution in [-0.4, -0.2) is 22.5 Å². The number of benzene rings is 1. The third-order valence-electron chi connectivity index (χ3n) is 0.910. The first-order valence-corrected chi connectivity index (χ1v) is 3.10. The van der Waals surface area contributed by atoms with Crippen molar-refractivity contribution in [3.8, 4) is 5.75 Å². The molecule has 10 heavy (non-hydrogen) atoms. The number of aromatic hydroxyl groups is 1. The standard InChI is InChI=1S/C6H4Cl2O.Al/c7-4-1-2-6(9)5(8)3-4;/h1-3,9H;. The SMILES string of the molecule is Oc1ccc(Cl)cc1Cl.[Al]. The molecule has 1 aromatic rings. The summed E-state index contributed by atoms with van der Waals surface area (Å²) < 4.78 is 0. The normalized spacial score (nSPS) is 8.60. The van der Waals surface area contributed by atoms with Gasteiger partial charge in [0.05, 0.1) is 5.02 Å². The van der Waals surface area contributed by atoms with E-state index in [4.69, 9.17) is 28.3 Å². The summed E-state index contributed by atoms with van der Waals surface area (Å²) >= 11 is 11.0. The predicted octanol–water partition coefficient (Wildman–Crippen LogP) is 2.32. The predicted molar refractivity (Wildman–Crippen MR) is 43.9 cm³/mol. The van der Waals surface area contributed by atoms with Crippen LogP contribution in [0.25, 0.3) is 0 Å².